The van der Waals surface area contributed by atoms with Crippen molar-refractivity contribution in [3.63, 3.8) is 0 Å². The van der Waals surface area contributed by atoms with E-state index in [1.807, 2.05) is 18.2 Å². The minimum Gasteiger partial charge on any atom is -0.545 e. The van der Waals surface area contributed by atoms with E-state index in [0.717, 1.165) is 16.7 Å². The number of pyridine rings is 1. The second kappa shape index (κ2) is 6.48. The molecular formula is C24H14F2NO2-. The Morgan fingerprint density at radius 1 is 0.931 bits per heavy atom. The van der Waals surface area contributed by atoms with Crippen LogP contribution in [0.15, 0.2) is 60.7 Å². The van der Waals surface area contributed by atoms with Crippen LogP contribution in [-0.4, -0.2) is 11.0 Å². The van der Waals surface area contributed by atoms with Crippen LogP contribution < -0.4 is 5.11 Å². The Hall–Kier alpha value is -3.60. The van der Waals surface area contributed by atoms with Crippen LogP contribution in [0, 0.1) is 11.6 Å². The second-order valence-electron chi connectivity index (χ2n) is 7.11. The number of benzene rings is 3. The lowest BCUT2D eigenvalue weighted by atomic mass is 9.84. The van der Waals surface area contributed by atoms with E-state index in [-0.39, 0.29) is 16.8 Å². The number of aromatic nitrogens is 1. The molecule has 1 aromatic heterocycles. The molecule has 1 aliphatic rings. The SMILES string of the molecule is O=C([O-])c1c2c(nc3ccc(F)cc13)-c1ccc(-c3ccccc3F)cc1CC2. The highest BCUT2D eigenvalue weighted by molar-refractivity contribution is 6.05. The van der Waals surface area contributed by atoms with Gasteiger partial charge in [0.2, 0.25) is 0 Å². The van der Waals surface area contributed by atoms with Gasteiger partial charge in [-0.05, 0) is 53.8 Å². The van der Waals surface area contributed by atoms with Crippen molar-refractivity contribution in [3.8, 4) is 22.4 Å². The maximum Gasteiger partial charge on any atom is 0.131 e. The number of halogens is 2. The van der Waals surface area contributed by atoms with Gasteiger partial charge in [-0.3, -0.25) is 0 Å². The average Bonchev–Trinajstić information content (AvgIpc) is 2.71. The summed E-state index contributed by atoms with van der Waals surface area (Å²) in [5, 5.41) is 12.1. The van der Waals surface area contributed by atoms with E-state index < -0.39 is 11.8 Å². The van der Waals surface area contributed by atoms with Gasteiger partial charge in [0, 0.05) is 22.1 Å². The molecule has 3 nitrogen and oxygen atoms in total. The first-order chi connectivity index (χ1) is 14.0. The lowest BCUT2D eigenvalue weighted by molar-refractivity contribution is -0.254. The van der Waals surface area contributed by atoms with E-state index >= 15 is 0 Å². The van der Waals surface area contributed by atoms with Gasteiger partial charge in [0.25, 0.3) is 0 Å². The highest BCUT2D eigenvalue weighted by Gasteiger charge is 2.24. The zero-order valence-electron chi connectivity index (χ0n) is 15.2. The maximum atomic E-state index is 14.2. The third-order valence-electron chi connectivity index (χ3n) is 5.44. The summed E-state index contributed by atoms with van der Waals surface area (Å²) in [7, 11) is 0. The Morgan fingerprint density at radius 3 is 2.55 bits per heavy atom. The Bertz CT molecular complexity index is 1310. The van der Waals surface area contributed by atoms with Crippen LogP contribution in [0.5, 0.6) is 0 Å². The highest BCUT2D eigenvalue weighted by Crippen LogP contribution is 2.38. The topological polar surface area (TPSA) is 53.0 Å². The summed E-state index contributed by atoms with van der Waals surface area (Å²) >= 11 is 0. The molecule has 29 heavy (non-hydrogen) atoms. The molecule has 0 N–H and O–H groups in total. The molecule has 0 saturated carbocycles. The summed E-state index contributed by atoms with van der Waals surface area (Å²) in [4.78, 5) is 16.5. The molecule has 0 saturated heterocycles. The van der Waals surface area contributed by atoms with Crippen LogP contribution in [0.1, 0.15) is 21.5 Å². The summed E-state index contributed by atoms with van der Waals surface area (Å²) < 4.78 is 27.9. The largest absolute Gasteiger partial charge is 0.545 e. The van der Waals surface area contributed by atoms with Gasteiger partial charge in [-0.25, -0.2) is 13.8 Å². The van der Waals surface area contributed by atoms with Gasteiger partial charge in [-0.15, -0.1) is 0 Å². The normalized spacial score (nSPS) is 12.5. The third-order valence-corrected chi connectivity index (χ3v) is 5.44. The highest BCUT2D eigenvalue weighted by atomic mass is 19.1. The minimum absolute atomic E-state index is 0.00618. The Morgan fingerprint density at radius 2 is 1.76 bits per heavy atom. The van der Waals surface area contributed by atoms with Gasteiger partial charge < -0.3 is 9.90 Å². The number of aromatic carboxylic acids is 1. The smallest absolute Gasteiger partial charge is 0.131 e. The van der Waals surface area contributed by atoms with Crippen molar-refractivity contribution < 1.29 is 18.7 Å². The Labute approximate surface area is 165 Å². The molecule has 3 aromatic carbocycles. The van der Waals surface area contributed by atoms with Gasteiger partial charge in [0.05, 0.1) is 17.2 Å². The van der Waals surface area contributed by atoms with E-state index in [4.69, 9.17) is 0 Å². The third kappa shape index (κ3) is 2.78. The van der Waals surface area contributed by atoms with Crippen LogP contribution in [0.25, 0.3) is 33.3 Å². The molecule has 0 atom stereocenters. The van der Waals surface area contributed by atoms with Crippen LogP contribution in [0.3, 0.4) is 0 Å². The maximum absolute atomic E-state index is 14.2. The first-order valence-electron chi connectivity index (χ1n) is 9.24. The van der Waals surface area contributed by atoms with Crippen molar-refractivity contribution >= 4 is 16.9 Å². The number of aryl methyl sites for hydroxylation is 1. The molecule has 1 aliphatic carbocycles. The van der Waals surface area contributed by atoms with E-state index in [1.54, 1.807) is 18.2 Å². The fraction of sp³-hybridized carbons (Fsp3) is 0.0833. The first kappa shape index (κ1) is 17.5. The van der Waals surface area contributed by atoms with Gasteiger partial charge in [0.1, 0.15) is 11.6 Å². The molecule has 0 bridgehead atoms. The first-order valence-corrected chi connectivity index (χ1v) is 9.24. The van der Waals surface area contributed by atoms with Gasteiger partial charge >= 0.3 is 0 Å². The molecule has 0 aliphatic heterocycles. The predicted molar refractivity (Wildman–Crippen MR) is 104 cm³/mol. The van der Waals surface area contributed by atoms with E-state index in [0.29, 0.717) is 35.2 Å². The average molecular weight is 386 g/mol. The molecule has 4 aromatic rings. The molecule has 1 heterocycles. The molecule has 5 rings (SSSR count). The number of hydrogen-bond donors (Lipinski definition) is 0. The zero-order chi connectivity index (χ0) is 20.1. The fourth-order valence-corrected chi connectivity index (χ4v) is 4.13. The summed E-state index contributed by atoms with van der Waals surface area (Å²) in [6.07, 6.45) is 1.01. The van der Waals surface area contributed by atoms with E-state index in [2.05, 4.69) is 4.98 Å². The fourth-order valence-electron chi connectivity index (χ4n) is 4.13. The summed E-state index contributed by atoms with van der Waals surface area (Å²) in [6, 6.07) is 16.1. The Kier molecular flexibility index (Phi) is 3.91. The van der Waals surface area contributed by atoms with Gasteiger partial charge in [0.15, 0.2) is 0 Å². The molecule has 5 heteroatoms. The Balaban J connectivity index is 1.74. The molecular weight excluding hydrogens is 372 g/mol. The number of carboxylic acids is 1. The molecule has 0 unspecified atom stereocenters. The van der Waals surface area contributed by atoms with Crippen LogP contribution in [-0.2, 0) is 12.8 Å². The molecule has 0 fully saturated rings. The monoisotopic (exact) mass is 386 g/mol. The standard InChI is InChI=1S/C24H15F2NO2/c25-15-7-10-21-19(12-15)22(24(28)29)18-9-6-14-11-13(5-8-17(14)23(18)27-21)16-3-1-2-4-20(16)26/h1-5,7-8,10-12H,6,9H2,(H,28,29)/p-1. The van der Waals surface area contributed by atoms with Crippen molar-refractivity contribution in [1.29, 1.82) is 0 Å². The lowest BCUT2D eigenvalue weighted by Crippen LogP contribution is -2.26. The van der Waals surface area contributed by atoms with Crippen molar-refractivity contribution in [2.45, 2.75) is 12.8 Å². The number of carboxylic acid groups (broad SMARTS) is 1. The van der Waals surface area contributed by atoms with Crippen LogP contribution in [0.4, 0.5) is 8.78 Å². The van der Waals surface area contributed by atoms with Crippen molar-refractivity contribution in [2.75, 3.05) is 0 Å². The van der Waals surface area contributed by atoms with Crippen molar-refractivity contribution in [1.82, 2.24) is 4.98 Å². The number of rotatable bonds is 2. The molecule has 0 radical (unpaired) electrons. The molecule has 0 spiro atoms. The zero-order valence-corrected chi connectivity index (χ0v) is 15.2. The van der Waals surface area contributed by atoms with Crippen LogP contribution in [0.2, 0.25) is 0 Å². The number of fused-ring (bicyclic) bond motifs is 4. The summed E-state index contributed by atoms with van der Waals surface area (Å²) in [6.45, 7) is 0. The summed E-state index contributed by atoms with van der Waals surface area (Å²) in [5.74, 6) is -2.16. The van der Waals surface area contributed by atoms with Crippen molar-refractivity contribution in [3.05, 3.63) is 89.0 Å². The lowest BCUT2D eigenvalue weighted by Gasteiger charge is -2.24. The number of carbonyl (C=O) groups is 1. The molecule has 142 valence electrons. The minimum atomic E-state index is -1.34. The summed E-state index contributed by atoms with van der Waals surface area (Å²) in [5.41, 5.74) is 4.55. The predicted octanol–water partition coefficient (Wildman–Crippen LogP) is 4.31. The van der Waals surface area contributed by atoms with Crippen LogP contribution >= 0.6 is 0 Å². The molecule has 0 amide bonds. The van der Waals surface area contributed by atoms with Gasteiger partial charge in [-0.2, -0.15) is 0 Å². The van der Waals surface area contributed by atoms with Gasteiger partial charge in [-0.1, -0.05) is 36.4 Å². The van der Waals surface area contributed by atoms with Crippen molar-refractivity contribution in [2.24, 2.45) is 0 Å². The number of hydrogen-bond acceptors (Lipinski definition) is 3. The van der Waals surface area contributed by atoms with E-state index in [9.17, 15) is 18.7 Å². The number of nitrogens with zero attached hydrogens (tertiary/aromatic N) is 1. The second-order valence-corrected chi connectivity index (χ2v) is 7.11. The quantitative estimate of drug-likeness (QED) is 0.516. The number of carbonyl (C=O) groups excluding carboxylic acids is 1. The van der Waals surface area contributed by atoms with E-state index in [1.165, 1.54) is 24.3 Å².